The van der Waals surface area contributed by atoms with E-state index in [4.69, 9.17) is 9.47 Å². The third-order valence-electron chi connectivity index (χ3n) is 3.65. The Hall–Kier alpha value is -0.130. The highest BCUT2D eigenvalue weighted by Gasteiger charge is 2.37. The summed E-state index contributed by atoms with van der Waals surface area (Å²) < 4.78 is 11.1. The van der Waals surface area contributed by atoms with Crippen molar-refractivity contribution >= 4 is 21.8 Å². The first kappa shape index (κ1) is 13.3. The highest BCUT2D eigenvalue weighted by atomic mass is 79.9. The van der Waals surface area contributed by atoms with Crippen LogP contribution in [0.5, 0.6) is 0 Å². The summed E-state index contributed by atoms with van der Waals surface area (Å²) in [4.78, 5) is 14.4. The smallest absolute Gasteiger partial charge is 0.228 e. The molecule has 4 atom stereocenters. The number of halogens is 1. The van der Waals surface area contributed by atoms with Gasteiger partial charge in [-0.2, -0.15) is 0 Å². The zero-order chi connectivity index (χ0) is 12.4. The molecule has 2 saturated heterocycles. The highest BCUT2D eigenvalue weighted by Crippen LogP contribution is 2.25. The fourth-order valence-corrected chi connectivity index (χ4v) is 2.88. The molecule has 0 bridgehead atoms. The van der Waals surface area contributed by atoms with Crippen molar-refractivity contribution < 1.29 is 14.3 Å². The lowest BCUT2D eigenvalue weighted by molar-refractivity contribution is -0.148. The zero-order valence-electron chi connectivity index (χ0n) is 10.4. The van der Waals surface area contributed by atoms with Gasteiger partial charge in [-0.15, -0.1) is 0 Å². The van der Waals surface area contributed by atoms with Crippen LogP contribution in [0.15, 0.2) is 0 Å². The van der Waals surface area contributed by atoms with Gasteiger partial charge in [0.05, 0.1) is 30.8 Å². The molecule has 0 N–H and O–H groups in total. The van der Waals surface area contributed by atoms with Gasteiger partial charge < -0.3 is 14.4 Å². The number of hydrogen-bond donors (Lipinski definition) is 0. The van der Waals surface area contributed by atoms with Gasteiger partial charge in [-0.1, -0.05) is 15.9 Å². The number of nitrogens with zero attached hydrogens (tertiary/aromatic N) is 1. The Morgan fingerprint density at radius 3 is 2.76 bits per heavy atom. The predicted molar refractivity (Wildman–Crippen MR) is 68.2 cm³/mol. The molecule has 4 nitrogen and oxygen atoms in total. The minimum atomic E-state index is 0.0338. The number of carbonyl (C=O) groups is 1. The van der Waals surface area contributed by atoms with Crippen molar-refractivity contribution in [1.29, 1.82) is 0 Å². The van der Waals surface area contributed by atoms with E-state index < -0.39 is 0 Å². The summed E-state index contributed by atoms with van der Waals surface area (Å²) in [6.45, 7) is 6.06. The van der Waals surface area contributed by atoms with Crippen LogP contribution < -0.4 is 0 Å². The van der Waals surface area contributed by atoms with Gasteiger partial charge >= 0.3 is 0 Å². The number of amides is 1. The molecule has 2 heterocycles. The number of ether oxygens (including phenoxy) is 2. The van der Waals surface area contributed by atoms with E-state index in [9.17, 15) is 4.79 Å². The molecule has 0 spiro atoms. The first-order valence-electron chi connectivity index (χ1n) is 6.23. The minimum absolute atomic E-state index is 0.0338. The van der Waals surface area contributed by atoms with Crippen molar-refractivity contribution in [2.75, 3.05) is 25.1 Å². The maximum atomic E-state index is 12.5. The first-order chi connectivity index (χ1) is 8.13. The lowest BCUT2D eigenvalue weighted by Crippen LogP contribution is -2.53. The van der Waals surface area contributed by atoms with Crippen LogP contribution in [-0.4, -0.2) is 54.1 Å². The van der Waals surface area contributed by atoms with Crippen LogP contribution in [0.4, 0.5) is 0 Å². The third-order valence-corrected chi connectivity index (χ3v) is 4.38. The molecule has 0 aromatic heterocycles. The normalized spacial score (nSPS) is 38.4. The Bertz CT molecular complexity index is 287. The fraction of sp³-hybridized carbons (Fsp3) is 0.917. The van der Waals surface area contributed by atoms with E-state index in [-0.39, 0.29) is 30.1 Å². The van der Waals surface area contributed by atoms with Gasteiger partial charge in [0.2, 0.25) is 5.91 Å². The Morgan fingerprint density at radius 1 is 1.41 bits per heavy atom. The topological polar surface area (TPSA) is 38.8 Å². The average molecular weight is 306 g/mol. The standard InChI is InChI=1S/C12H20BrNO3/c1-8-7-17-10(5-13)6-14(8)12(15)11-3-4-16-9(11)2/h8-11H,3-7H2,1-2H3. The van der Waals surface area contributed by atoms with Crippen molar-refractivity contribution in [3.05, 3.63) is 0 Å². The largest absolute Gasteiger partial charge is 0.378 e. The third kappa shape index (κ3) is 2.83. The van der Waals surface area contributed by atoms with Crippen LogP contribution in [0, 0.1) is 5.92 Å². The second-order valence-electron chi connectivity index (χ2n) is 4.92. The average Bonchev–Trinajstić information content (AvgIpc) is 2.75. The van der Waals surface area contributed by atoms with Gasteiger partial charge in [-0.25, -0.2) is 0 Å². The Kier molecular flexibility index (Phi) is 4.44. The number of alkyl halides is 1. The van der Waals surface area contributed by atoms with Crippen LogP contribution in [0.1, 0.15) is 20.3 Å². The monoisotopic (exact) mass is 305 g/mol. The molecule has 0 aromatic carbocycles. The lowest BCUT2D eigenvalue weighted by Gasteiger charge is -2.39. The van der Waals surface area contributed by atoms with Gasteiger partial charge in [-0.05, 0) is 20.3 Å². The second kappa shape index (κ2) is 5.67. The summed E-state index contributed by atoms with van der Waals surface area (Å²) >= 11 is 3.42. The van der Waals surface area contributed by atoms with Crippen molar-refractivity contribution in [1.82, 2.24) is 4.90 Å². The Morgan fingerprint density at radius 2 is 2.18 bits per heavy atom. The summed E-state index contributed by atoms with van der Waals surface area (Å²) in [6.07, 6.45) is 1.02. The molecule has 5 heteroatoms. The summed E-state index contributed by atoms with van der Waals surface area (Å²) in [6, 6.07) is 0.172. The SMILES string of the molecule is CC1OCCC1C(=O)N1CC(CBr)OCC1C. The van der Waals surface area contributed by atoms with Crippen molar-refractivity contribution in [2.45, 2.75) is 38.5 Å². The van der Waals surface area contributed by atoms with E-state index in [0.717, 1.165) is 11.8 Å². The van der Waals surface area contributed by atoms with E-state index in [2.05, 4.69) is 15.9 Å². The molecule has 2 rings (SSSR count). The molecule has 2 aliphatic heterocycles. The van der Waals surface area contributed by atoms with E-state index in [0.29, 0.717) is 19.8 Å². The van der Waals surface area contributed by atoms with E-state index in [1.54, 1.807) is 0 Å². The number of morpholine rings is 1. The van der Waals surface area contributed by atoms with Gasteiger partial charge in [0.1, 0.15) is 0 Å². The first-order valence-corrected chi connectivity index (χ1v) is 7.35. The van der Waals surface area contributed by atoms with E-state index in [1.165, 1.54) is 0 Å². The predicted octanol–water partition coefficient (Wildman–Crippen LogP) is 1.42. The van der Waals surface area contributed by atoms with Crippen molar-refractivity contribution in [3.63, 3.8) is 0 Å². The maximum absolute atomic E-state index is 12.5. The van der Waals surface area contributed by atoms with Crippen molar-refractivity contribution in [2.24, 2.45) is 5.92 Å². The van der Waals surface area contributed by atoms with Crippen LogP contribution in [0.2, 0.25) is 0 Å². The van der Waals surface area contributed by atoms with E-state index >= 15 is 0 Å². The summed E-state index contributed by atoms with van der Waals surface area (Å²) in [5, 5.41) is 0.778. The number of carbonyl (C=O) groups excluding carboxylic acids is 1. The lowest BCUT2D eigenvalue weighted by atomic mass is 9.99. The highest BCUT2D eigenvalue weighted by molar-refractivity contribution is 9.09. The summed E-state index contributed by atoms with van der Waals surface area (Å²) in [5.74, 6) is 0.267. The van der Waals surface area contributed by atoms with Crippen LogP contribution in [-0.2, 0) is 14.3 Å². The van der Waals surface area contributed by atoms with Gasteiger partial charge in [-0.3, -0.25) is 4.79 Å². The summed E-state index contributed by atoms with van der Waals surface area (Å²) in [7, 11) is 0. The molecule has 2 fully saturated rings. The number of hydrogen-bond acceptors (Lipinski definition) is 3. The quantitative estimate of drug-likeness (QED) is 0.724. The molecular weight excluding hydrogens is 286 g/mol. The zero-order valence-corrected chi connectivity index (χ0v) is 12.0. The van der Waals surface area contributed by atoms with Crippen molar-refractivity contribution in [3.8, 4) is 0 Å². The molecule has 0 radical (unpaired) electrons. The molecule has 0 saturated carbocycles. The van der Waals surface area contributed by atoms with E-state index in [1.807, 2.05) is 18.7 Å². The molecule has 1 amide bonds. The van der Waals surface area contributed by atoms with Crippen LogP contribution >= 0.6 is 15.9 Å². The van der Waals surface area contributed by atoms with Crippen LogP contribution in [0.25, 0.3) is 0 Å². The molecule has 2 aliphatic rings. The molecule has 0 aliphatic carbocycles. The molecule has 4 unspecified atom stereocenters. The molecule has 98 valence electrons. The molecule has 17 heavy (non-hydrogen) atoms. The Balaban J connectivity index is 2.01. The van der Waals surface area contributed by atoms with Gasteiger partial charge in [0, 0.05) is 18.5 Å². The summed E-state index contributed by atoms with van der Waals surface area (Å²) in [5.41, 5.74) is 0. The van der Waals surface area contributed by atoms with Gasteiger partial charge in [0.25, 0.3) is 0 Å². The second-order valence-corrected chi connectivity index (χ2v) is 5.57. The minimum Gasteiger partial charge on any atom is -0.378 e. The fourth-order valence-electron chi connectivity index (χ4n) is 2.49. The van der Waals surface area contributed by atoms with Gasteiger partial charge in [0.15, 0.2) is 0 Å². The van der Waals surface area contributed by atoms with Crippen LogP contribution in [0.3, 0.4) is 0 Å². The number of rotatable bonds is 2. The Labute approximate surface area is 111 Å². The molecular formula is C12H20BrNO3. The molecule has 0 aromatic rings. The maximum Gasteiger partial charge on any atom is 0.228 e.